The molecule has 0 spiro atoms. The fraction of sp³-hybridized carbons (Fsp3) is 0.182. The first kappa shape index (κ1) is 17.8. The molecule has 0 atom stereocenters. The first-order valence-electron chi connectivity index (χ1n) is 9.50. The lowest BCUT2D eigenvalue weighted by Gasteiger charge is -2.21. The van der Waals surface area contributed by atoms with E-state index in [0.717, 1.165) is 41.1 Å². The van der Waals surface area contributed by atoms with Gasteiger partial charge in [0.2, 0.25) is 0 Å². The molecule has 2 aromatic heterocycles. The molecule has 0 saturated carbocycles. The van der Waals surface area contributed by atoms with Crippen molar-refractivity contribution in [2.24, 2.45) is 0 Å². The van der Waals surface area contributed by atoms with Crippen LogP contribution in [-0.2, 0) is 6.42 Å². The minimum Gasteiger partial charge on any atom is -0.494 e. The lowest BCUT2D eigenvalue weighted by Crippen LogP contribution is -2.16. The van der Waals surface area contributed by atoms with Crippen molar-refractivity contribution in [1.82, 2.24) is 19.9 Å². The van der Waals surface area contributed by atoms with E-state index in [1.165, 1.54) is 5.56 Å². The third-order valence-electron chi connectivity index (χ3n) is 4.95. The topological polar surface area (TPSA) is 64.0 Å². The van der Waals surface area contributed by atoms with Crippen LogP contribution >= 0.6 is 11.6 Å². The zero-order valence-corrected chi connectivity index (χ0v) is 16.6. The molecule has 0 aliphatic carbocycles. The van der Waals surface area contributed by atoms with Gasteiger partial charge >= 0.3 is 0 Å². The van der Waals surface area contributed by atoms with Gasteiger partial charge < -0.3 is 9.64 Å². The Bertz CT molecular complexity index is 1200. The summed E-state index contributed by atoms with van der Waals surface area (Å²) >= 11 is 6.29. The van der Waals surface area contributed by atoms with E-state index in [9.17, 15) is 0 Å². The molecule has 7 heteroatoms. The summed E-state index contributed by atoms with van der Waals surface area (Å²) in [5.41, 5.74) is 3.79. The van der Waals surface area contributed by atoms with Crippen molar-refractivity contribution < 1.29 is 4.74 Å². The predicted molar refractivity (Wildman–Crippen MR) is 114 cm³/mol. The molecule has 29 heavy (non-hydrogen) atoms. The minimum absolute atomic E-state index is 0.542. The van der Waals surface area contributed by atoms with Crippen molar-refractivity contribution in [2.75, 3.05) is 18.1 Å². The summed E-state index contributed by atoms with van der Waals surface area (Å²) in [6.45, 7) is 3.39. The summed E-state index contributed by atoms with van der Waals surface area (Å²) in [7, 11) is 0. The van der Waals surface area contributed by atoms with Gasteiger partial charge in [0.15, 0.2) is 5.82 Å². The number of ether oxygens (including phenoxy) is 1. The maximum Gasteiger partial charge on any atom is 0.182 e. The molecule has 0 amide bonds. The Kier molecular flexibility index (Phi) is 4.48. The van der Waals surface area contributed by atoms with E-state index in [4.69, 9.17) is 26.3 Å². The second kappa shape index (κ2) is 7.29. The normalized spacial score (nSPS) is 13.0. The highest BCUT2D eigenvalue weighted by Crippen LogP contribution is 2.39. The highest BCUT2D eigenvalue weighted by atomic mass is 35.5. The largest absolute Gasteiger partial charge is 0.494 e. The molecule has 0 saturated heterocycles. The van der Waals surface area contributed by atoms with E-state index < -0.39 is 0 Å². The number of benzene rings is 2. The second-order valence-electron chi connectivity index (χ2n) is 6.75. The van der Waals surface area contributed by atoms with Crippen LogP contribution in [0.25, 0.3) is 22.4 Å². The predicted octanol–water partition coefficient (Wildman–Crippen LogP) is 4.83. The van der Waals surface area contributed by atoms with Crippen LogP contribution in [-0.4, -0.2) is 33.1 Å². The molecule has 1 aliphatic heterocycles. The summed E-state index contributed by atoms with van der Waals surface area (Å²) < 4.78 is 5.72. The summed E-state index contributed by atoms with van der Waals surface area (Å²) in [6.07, 6.45) is 5.89. The molecular formula is C22H18ClN5O. The Hall–Kier alpha value is -3.25. The number of hydrogen-bond donors (Lipinski definition) is 0. The van der Waals surface area contributed by atoms with E-state index in [1.807, 2.05) is 37.3 Å². The van der Waals surface area contributed by atoms with Crippen LogP contribution in [0.1, 0.15) is 12.5 Å². The van der Waals surface area contributed by atoms with Gasteiger partial charge in [-0.05, 0) is 49.2 Å². The van der Waals surface area contributed by atoms with Gasteiger partial charge in [-0.25, -0.2) is 15.0 Å². The first-order chi connectivity index (χ1) is 14.2. The quantitative estimate of drug-likeness (QED) is 0.486. The third-order valence-corrected chi connectivity index (χ3v) is 5.18. The molecule has 144 valence electrons. The van der Waals surface area contributed by atoms with Crippen LogP contribution in [0, 0.1) is 0 Å². The first-order valence-corrected chi connectivity index (χ1v) is 9.87. The second-order valence-corrected chi connectivity index (χ2v) is 7.18. The summed E-state index contributed by atoms with van der Waals surface area (Å²) in [5, 5.41) is 1.63. The number of halogens is 1. The van der Waals surface area contributed by atoms with Gasteiger partial charge in [-0.2, -0.15) is 0 Å². The lowest BCUT2D eigenvalue weighted by molar-refractivity contribution is 0.340. The molecular weight excluding hydrogens is 386 g/mol. The summed E-state index contributed by atoms with van der Waals surface area (Å²) in [6, 6.07) is 11.9. The van der Waals surface area contributed by atoms with Crippen molar-refractivity contribution in [3.8, 4) is 17.3 Å². The van der Waals surface area contributed by atoms with E-state index in [-0.39, 0.29) is 0 Å². The van der Waals surface area contributed by atoms with Gasteiger partial charge in [0.05, 0.1) is 18.3 Å². The number of rotatable bonds is 4. The Morgan fingerprint density at radius 2 is 2.03 bits per heavy atom. The number of nitrogens with zero attached hydrogens (tertiary/aromatic N) is 5. The van der Waals surface area contributed by atoms with Crippen LogP contribution in [0.4, 0.5) is 11.5 Å². The third kappa shape index (κ3) is 3.25. The lowest BCUT2D eigenvalue weighted by atomic mass is 10.1. The van der Waals surface area contributed by atoms with E-state index in [1.54, 1.807) is 18.6 Å². The van der Waals surface area contributed by atoms with Crippen LogP contribution in [0.2, 0.25) is 5.02 Å². The van der Waals surface area contributed by atoms with Crippen LogP contribution < -0.4 is 9.64 Å². The fourth-order valence-corrected chi connectivity index (χ4v) is 3.82. The van der Waals surface area contributed by atoms with Gasteiger partial charge in [-0.3, -0.25) is 4.98 Å². The molecule has 6 nitrogen and oxygen atoms in total. The Balaban J connectivity index is 1.74. The van der Waals surface area contributed by atoms with E-state index in [0.29, 0.717) is 23.1 Å². The van der Waals surface area contributed by atoms with Gasteiger partial charge in [-0.1, -0.05) is 17.7 Å². The molecule has 0 unspecified atom stereocenters. The molecule has 5 rings (SSSR count). The maximum absolute atomic E-state index is 6.29. The van der Waals surface area contributed by atoms with E-state index in [2.05, 4.69) is 20.9 Å². The van der Waals surface area contributed by atoms with E-state index >= 15 is 0 Å². The smallest absolute Gasteiger partial charge is 0.182 e. The van der Waals surface area contributed by atoms with Gasteiger partial charge in [0, 0.05) is 35.0 Å². The Morgan fingerprint density at radius 3 is 2.86 bits per heavy atom. The highest BCUT2D eigenvalue weighted by molar-refractivity contribution is 6.31. The Labute approximate surface area is 173 Å². The number of aromatic nitrogens is 4. The van der Waals surface area contributed by atoms with Gasteiger partial charge in [0.25, 0.3) is 0 Å². The maximum atomic E-state index is 6.29. The van der Waals surface area contributed by atoms with Crippen LogP contribution in [0.5, 0.6) is 5.75 Å². The Morgan fingerprint density at radius 1 is 1.10 bits per heavy atom. The van der Waals surface area contributed by atoms with Gasteiger partial charge in [0.1, 0.15) is 17.3 Å². The molecule has 4 aromatic rings. The minimum atomic E-state index is 0.542. The molecule has 2 aromatic carbocycles. The molecule has 1 aliphatic rings. The van der Waals surface area contributed by atoms with Crippen molar-refractivity contribution in [3.05, 3.63) is 65.6 Å². The van der Waals surface area contributed by atoms with Crippen molar-refractivity contribution in [2.45, 2.75) is 13.3 Å². The monoisotopic (exact) mass is 403 g/mol. The highest BCUT2D eigenvalue weighted by Gasteiger charge is 2.25. The molecule has 0 radical (unpaired) electrons. The number of anilines is 2. The molecule has 0 bridgehead atoms. The average molecular weight is 404 g/mol. The zero-order chi connectivity index (χ0) is 19.8. The van der Waals surface area contributed by atoms with Crippen molar-refractivity contribution in [3.63, 3.8) is 0 Å². The summed E-state index contributed by atoms with van der Waals surface area (Å²) in [4.78, 5) is 20.4. The van der Waals surface area contributed by atoms with Gasteiger partial charge in [-0.15, -0.1) is 0 Å². The standard InChI is InChI=1S/C22H18ClN5O/c1-2-29-16-5-6-18-17(12-16)22(27-21(26-18)19-13-24-8-9-25-19)28-10-7-14-3-4-15(23)11-20(14)28/h3-6,8-9,11-13H,2,7,10H2,1H3. The van der Waals surface area contributed by atoms with Crippen molar-refractivity contribution >= 4 is 34.0 Å². The van der Waals surface area contributed by atoms with Crippen molar-refractivity contribution in [1.29, 1.82) is 0 Å². The number of hydrogen-bond acceptors (Lipinski definition) is 6. The van der Waals surface area contributed by atoms with Crippen LogP contribution in [0.15, 0.2) is 55.0 Å². The molecule has 3 heterocycles. The SMILES string of the molecule is CCOc1ccc2nc(-c3cnccn3)nc(N3CCc4ccc(Cl)cc43)c2c1. The van der Waals surface area contributed by atoms with Crippen LogP contribution in [0.3, 0.4) is 0 Å². The molecule has 0 fully saturated rings. The molecule has 0 N–H and O–H groups in total. The average Bonchev–Trinajstić information content (AvgIpc) is 3.17. The zero-order valence-electron chi connectivity index (χ0n) is 15.8. The number of fused-ring (bicyclic) bond motifs is 2. The fourth-order valence-electron chi connectivity index (χ4n) is 3.66. The summed E-state index contributed by atoms with van der Waals surface area (Å²) in [5.74, 6) is 2.15.